The Kier molecular flexibility index (Phi) is 3.81. The zero-order valence-electron chi connectivity index (χ0n) is 12.2. The number of likely N-dealkylation sites (tertiary alicyclic amines) is 2. The van der Waals surface area contributed by atoms with Crippen molar-refractivity contribution in [2.24, 2.45) is 11.8 Å². The molecule has 0 radical (unpaired) electrons. The Morgan fingerprint density at radius 1 is 1.26 bits per heavy atom. The first-order chi connectivity index (χ1) is 9.13. The lowest BCUT2D eigenvalue weighted by atomic mass is 9.99. The van der Waals surface area contributed by atoms with Crippen LogP contribution in [0.15, 0.2) is 0 Å². The molecule has 3 rings (SSSR count). The van der Waals surface area contributed by atoms with Crippen molar-refractivity contribution in [1.29, 1.82) is 0 Å². The quantitative estimate of drug-likeness (QED) is 0.773. The summed E-state index contributed by atoms with van der Waals surface area (Å²) in [5.41, 5.74) is 0. The van der Waals surface area contributed by atoms with Crippen LogP contribution in [0.2, 0.25) is 0 Å². The van der Waals surface area contributed by atoms with E-state index in [9.17, 15) is 4.79 Å². The van der Waals surface area contributed by atoms with Crippen molar-refractivity contribution in [2.75, 3.05) is 32.7 Å². The van der Waals surface area contributed by atoms with Gasteiger partial charge in [0.25, 0.3) is 0 Å². The second-order valence-corrected chi connectivity index (χ2v) is 6.78. The fraction of sp³-hybridized carbons (Fsp3) is 0.933. The van der Waals surface area contributed by atoms with Crippen LogP contribution in [-0.2, 0) is 9.53 Å². The maximum Gasteiger partial charge on any atom is 0.228 e. The van der Waals surface area contributed by atoms with Crippen LogP contribution < -0.4 is 0 Å². The van der Waals surface area contributed by atoms with Gasteiger partial charge in [-0.3, -0.25) is 9.69 Å². The molecule has 3 saturated heterocycles. The van der Waals surface area contributed by atoms with Crippen molar-refractivity contribution in [3.8, 4) is 0 Å². The molecule has 4 heteroatoms. The molecule has 0 aromatic rings. The molecule has 2 bridgehead atoms. The number of morpholine rings is 1. The summed E-state index contributed by atoms with van der Waals surface area (Å²) in [6.45, 7) is 9.51. The molecule has 3 heterocycles. The van der Waals surface area contributed by atoms with E-state index in [0.29, 0.717) is 11.8 Å². The lowest BCUT2D eigenvalue weighted by Gasteiger charge is -2.34. The summed E-state index contributed by atoms with van der Waals surface area (Å²) in [5.74, 6) is 1.17. The van der Waals surface area contributed by atoms with Crippen molar-refractivity contribution in [1.82, 2.24) is 9.80 Å². The summed E-state index contributed by atoms with van der Waals surface area (Å²) in [6.07, 6.45) is 3.72. The molecule has 0 aromatic carbocycles. The van der Waals surface area contributed by atoms with E-state index in [2.05, 4.69) is 23.6 Å². The number of carbonyl (C=O) groups is 1. The molecule has 0 N–H and O–H groups in total. The van der Waals surface area contributed by atoms with E-state index in [4.69, 9.17) is 4.74 Å². The fourth-order valence-corrected chi connectivity index (χ4v) is 3.83. The highest BCUT2D eigenvalue weighted by molar-refractivity contribution is 5.80. The molecule has 0 saturated carbocycles. The van der Waals surface area contributed by atoms with E-state index in [1.807, 2.05) is 0 Å². The number of rotatable bonds is 3. The van der Waals surface area contributed by atoms with Crippen LogP contribution in [0.4, 0.5) is 0 Å². The van der Waals surface area contributed by atoms with E-state index in [1.54, 1.807) is 0 Å². The predicted molar refractivity (Wildman–Crippen MR) is 73.9 cm³/mol. The molecule has 0 aromatic heterocycles. The minimum absolute atomic E-state index is 0.125. The molecule has 108 valence electrons. The molecule has 0 aliphatic carbocycles. The first-order valence-corrected chi connectivity index (χ1v) is 7.80. The van der Waals surface area contributed by atoms with Crippen LogP contribution in [0.25, 0.3) is 0 Å². The van der Waals surface area contributed by atoms with Crippen molar-refractivity contribution < 1.29 is 9.53 Å². The normalized spacial score (nSPS) is 35.3. The number of hydrogen-bond acceptors (Lipinski definition) is 3. The van der Waals surface area contributed by atoms with E-state index < -0.39 is 0 Å². The highest BCUT2D eigenvalue weighted by Gasteiger charge is 2.45. The second kappa shape index (κ2) is 5.41. The molecule has 1 amide bonds. The zero-order valence-corrected chi connectivity index (χ0v) is 12.2. The Labute approximate surface area is 116 Å². The van der Waals surface area contributed by atoms with Crippen LogP contribution in [-0.4, -0.2) is 60.6 Å². The molecular formula is C15H26N2O2. The monoisotopic (exact) mass is 266 g/mol. The summed E-state index contributed by atoms with van der Waals surface area (Å²) in [4.78, 5) is 17.1. The highest BCUT2D eigenvalue weighted by Crippen LogP contribution is 2.34. The van der Waals surface area contributed by atoms with Gasteiger partial charge in [-0.1, -0.05) is 13.8 Å². The van der Waals surface area contributed by atoms with Crippen molar-refractivity contribution >= 4 is 5.91 Å². The van der Waals surface area contributed by atoms with E-state index in [-0.39, 0.29) is 18.1 Å². The van der Waals surface area contributed by atoms with Crippen molar-refractivity contribution in [2.45, 2.75) is 45.3 Å². The SMILES string of the molecule is CC(C)CN1C[C@@H]2C[C@H](C(=O)N3CCCC3)[C@H](C1)O2. The zero-order chi connectivity index (χ0) is 13.4. The van der Waals surface area contributed by atoms with Gasteiger partial charge in [0.2, 0.25) is 5.91 Å². The topological polar surface area (TPSA) is 32.8 Å². The van der Waals surface area contributed by atoms with Gasteiger partial charge >= 0.3 is 0 Å². The summed E-state index contributed by atoms with van der Waals surface area (Å²) < 4.78 is 6.01. The van der Waals surface area contributed by atoms with Gasteiger partial charge in [-0.25, -0.2) is 0 Å². The number of ether oxygens (including phenoxy) is 1. The molecule has 0 unspecified atom stereocenters. The van der Waals surface area contributed by atoms with Crippen LogP contribution in [0, 0.1) is 11.8 Å². The van der Waals surface area contributed by atoms with Gasteiger partial charge in [-0.2, -0.15) is 0 Å². The average Bonchev–Trinajstić information content (AvgIpc) is 2.95. The Balaban J connectivity index is 1.61. The molecule has 3 aliphatic rings. The van der Waals surface area contributed by atoms with Gasteiger partial charge in [0.1, 0.15) is 0 Å². The van der Waals surface area contributed by atoms with Crippen molar-refractivity contribution in [3.05, 3.63) is 0 Å². The molecule has 19 heavy (non-hydrogen) atoms. The predicted octanol–water partition coefficient (Wildman–Crippen LogP) is 1.35. The lowest BCUT2D eigenvalue weighted by Crippen LogP contribution is -2.46. The van der Waals surface area contributed by atoms with Gasteiger partial charge in [0.15, 0.2) is 0 Å². The summed E-state index contributed by atoms with van der Waals surface area (Å²) in [7, 11) is 0. The second-order valence-electron chi connectivity index (χ2n) is 6.78. The first kappa shape index (κ1) is 13.4. The molecule has 3 fully saturated rings. The fourth-order valence-electron chi connectivity index (χ4n) is 3.83. The third-order valence-corrected chi connectivity index (χ3v) is 4.59. The molecular weight excluding hydrogens is 240 g/mol. The maximum atomic E-state index is 12.5. The van der Waals surface area contributed by atoms with Crippen LogP contribution in [0.5, 0.6) is 0 Å². The Bertz CT molecular complexity index is 339. The van der Waals surface area contributed by atoms with Crippen LogP contribution in [0.3, 0.4) is 0 Å². The van der Waals surface area contributed by atoms with Crippen LogP contribution >= 0.6 is 0 Å². The summed E-state index contributed by atoms with van der Waals surface area (Å²) in [5, 5.41) is 0. The highest BCUT2D eigenvalue weighted by atomic mass is 16.5. The summed E-state index contributed by atoms with van der Waals surface area (Å²) in [6, 6.07) is 0. The van der Waals surface area contributed by atoms with E-state index in [1.165, 1.54) is 12.8 Å². The minimum atomic E-state index is 0.125. The third-order valence-electron chi connectivity index (χ3n) is 4.59. The molecule has 4 nitrogen and oxygen atoms in total. The maximum absolute atomic E-state index is 12.5. The van der Waals surface area contributed by atoms with Gasteiger partial charge in [0.05, 0.1) is 18.1 Å². The number of amides is 1. The molecule has 3 atom stereocenters. The lowest BCUT2D eigenvalue weighted by molar-refractivity contribution is -0.137. The average molecular weight is 266 g/mol. The molecule has 0 spiro atoms. The standard InChI is InChI=1S/C15H26N2O2/c1-11(2)8-16-9-12-7-13(14(10-16)19-12)15(18)17-5-3-4-6-17/h11-14H,3-10H2,1-2H3/t12-,13-,14-/m0/s1. The smallest absolute Gasteiger partial charge is 0.228 e. The van der Waals surface area contributed by atoms with Gasteiger partial charge in [0, 0.05) is 32.7 Å². The van der Waals surface area contributed by atoms with Gasteiger partial charge in [-0.05, 0) is 25.2 Å². The van der Waals surface area contributed by atoms with Crippen LogP contribution in [0.1, 0.15) is 33.1 Å². The third kappa shape index (κ3) is 2.79. The van der Waals surface area contributed by atoms with Gasteiger partial charge < -0.3 is 9.64 Å². The minimum Gasteiger partial charge on any atom is -0.371 e. The Morgan fingerprint density at radius 3 is 2.68 bits per heavy atom. The number of nitrogens with zero attached hydrogens (tertiary/aromatic N) is 2. The Hall–Kier alpha value is -0.610. The largest absolute Gasteiger partial charge is 0.371 e. The number of carbonyl (C=O) groups excluding carboxylic acids is 1. The number of hydrogen-bond donors (Lipinski definition) is 0. The van der Waals surface area contributed by atoms with E-state index in [0.717, 1.165) is 39.1 Å². The molecule has 3 aliphatic heterocycles. The van der Waals surface area contributed by atoms with E-state index >= 15 is 0 Å². The van der Waals surface area contributed by atoms with Gasteiger partial charge in [-0.15, -0.1) is 0 Å². The first-order valence-electron chi connectivity index (χ1n) is 7.80. The van der Waals surface area contributed by atoms with Crippen molar-refractivity contribution in [3.63, 3.8) is 0 Å². The number of fused-ring (bicyclic) bond motifs is 2. The summed E-state index contributed by atoms with van der Waals surface area (Å²) >= 11 is 0. The Morgan fingerprint density at radius 2 is 2.00 bits per heavy atom.